The van der Waals surface area contributed by atoms with E-state index in [4.69, 9.17) is 5.73 Å². The number of primary amides is 1. The van der Waals surface area contributed by atoms with Crippen molar-refractivity contribution in [3.05, 3.63) is 35.1 Å². The van der Waals surface area contributed by atoms with Gasteiger partial charge in [-0.1, -0.05) is 0 Å². The maximum absolute atomic E-state index is 13.0. The van der Waals surface area contributed by atoms with Crippen LogP contribution in [0.2, 0.25) is 0 Å². The van der Waals surface area contributed by atoms with Crippen molar-refractivity contribution >= 4 is 11.8 Å². The van der Waals surface area contributed by atoms with Crippen LogP contribution < -0.4 is 5.73 Å². The van der Waals surface area contributed by atoms with Crippen LogP contribution in [-0.4, -0.2) is 40.5 Å². The van der Waals surface area contributed by atoms with Crippen molar-refractivity contribution in [3.8, 4) is 0 Å². The van der Waals surface area contributed by atoms with Gasteiger partial charge in [-0.05, 0) is 30.7 Å². The predicted octanol–water partition coefficient (Wildman–Crippen LogP) is 0.195. The van der Waals surface area contributed by atoms with Gasteiger partial charge < -0.3 is 15.7 Å². The average Bonchev–Trinajstić information content (AvgIpc) is 2.70. The van der Waals surface area contributed by atoms with Gasteiger partial charge in [0.2, 0.25) is 5.91 Å². The molecule has 1 aromatic rings. The van der Waals surface area contributed by atoms with Crippen LogP contribution in [0.5, 0.6) is 0 Å². The topological polar surface area (TPSA) is 83.6 Å². The minimum Gasteiger partial charge on any atom is -0.391 e. The van der Waals surface area contributed by atoms with E-state index in [-0.39, 0.29) is 13.0 Å². The predicted molar refractivity (Wildman–Crippen MR) is 65.8 cm³/mol. The summed E-state index contributed by atoms with van der Waals surface area (Å²) in [6.07, 6.45) is -0.622. The number of β-amino-alcohol motifs (C(OH)–C–C–N with tert-alkyl or cyclic N) is 1. The number of aliphatic hydroxyl groups excluding tert-OH is 1. The number of nitrogens with two attached hydrogens (primary N) is 1. The monoisotopic (exact) mass is 266 g/mol. The van der Waals surface area contributed by atoms with Crippen LogP contribution in [0, 0.1) is 12.7 Å². The Morgan fingerprint density at radius 1 is 1.47 bits per heavy atom. The number of nitrogens with zero attached hydrogens (tertiary/aromatic N) is 1. The number of benzene rings is 1. The number of halogens is 1. The third-order valence-corrected chi connectivity index (χ3v) is 3.29. The summed E-state index contributed by atoms with van der Waals surface area (Å²) in [5.74, 6) is -1.50. The summed E-state index contributed by atoms with van der Waals surface area (Å²) >= 11 is 0. The van der Waals surface area contributed by atoms with E-state index < -0.39 is 29.8 Å². The first-order valence-corrected chi connectivity index (χ1v) is 5.94. The van der Waals surface area contributed by atoms with Gasteiger partial charge in [0.15, 0.2) is 0 Å². The molecule has 2 rings (SSSR count). The van der Waals surface area contributed by atoms with Gasteiger partial charge in [0, 0.05) is 18.5 Å². The molecule has 102 valence electrons. The number of aliphatic hydroxyl groups is 1. The molecule has 1 saturated heterocycles. The minimum absolute atomic E-state index is 0.0588. The summed E-state index contributed by atoms with van der Waals surface area (Å²) < 4.78 is 13.0. The highest BCUT2D eigenvalue weighted by Crippen LogP contribution is 2.22. The molecule has 1 heterocycles. The molecule has 1 aliphatic rings. The number of hydrogen-bond acceptors (Lipinski definition) is 3. The summed E-state index contributed by atoms with van der Waals surface area (Å²) in [7, 11) is 0. The summed E-state index contributed by atoms with van der Waals surface area (Å²) in [5.41, 5.74) is 6.01. The van der Waals surface area contributed by atoms with Crippen molar-refractivity contribution in [1.82, 2.24) is 4.90 Å². The second-order valence-electron chi connectivity index (χ2n) is 4.72. The molecule has 19 heavy (non-hydrogen) atoms. The second-order valence-corrected chi connectivity index (χ2v) is 4.72. The molecule has 0 aromatic heterocycles. The Morgan fingerprint density at radius 3 is 2.74 bits per heavy atom. The van der Waals surface area contributed by atoms with Crippen LogP contribution in [0.15, 0.2) is 18.2 Å². The number of rotatable bonds is 2. The van der Waals surface area contributed by atoms with Gasteiger partial charge in [-0.3, -0.25) is 9.59 Å². The molecule has 3 N–H and O–H groups in total. The third kappa shape index (κ3) is 2.58. The zero-order valence-electron chi connectivity index (χ0n) is 10.5. The number of likely N-dealkylation sites (tertiary alicyclic amines) is 1. The number of hydrogen-bond donors (Lipinski definition) is 2. The minimum atomic E-state index is -0.813. The van der Waals surface area contributed by atoms with Crippen LogP contribution in [0.1, 0.15) is 22.3 Å². The van der Waals surface area contributed by atoms with Crippen molar-refractivity contribution in [1.29, 1.82) is 0 Å². The van der Waals surface area contributed by atoms with Crippen molar-refractivity contribution in [2.24, 2.45) is 5.73 Å². The maximum Gasteiger partial charge on any atom is 0.254 e. The number of amides is 2. The molecule has 2 atom stereocenters. The third-order valence-electron chi connectivity index (χ3n) is 3.29. The van der Waals surface area contributed by atoms with Crippen molar-refractivity contribution < 1.29 is 19.1 Å². The molecule has 1 aliphatic heterocycles. The first-order valence-electron chi connectivity index (χ1n) is 5.94. The number of aryl methyl sites for hydroxylation is 1. The highest BCUT2D eigenvalue weighted by atomic mass is 19.1. The summed E-state index contributed by atoms with van der Waals surface area (Å²) in [6, 6.07) is 2.99. The molecular weight excluding hydrogens is 251 g/mol. The molecular formula is C13H15FN2O3. The quantitative estimate of drug-likeness (QED) is 0.801. The molecule has 0 aliphatic carbocycles. The van der Waals surface area contributed by atoms with E-state index in [0.29, 0.717) is 11.1 Å². The van der Waals surface area contributed by atoms with Crippen LogP contribution >= 0.6 is 0 Å². The standard InChI is InChI=1S/C13H15FN2O3/c1-7-4-8(14)2-3-10(7)13(19)16-6-9(17)5-11(16)12(15)18/h2-4,9,11,17H,5-6H2,1H3,(H2,15,18). The fourth-order valence-corrected chi connectivity index (χ4v) is 2.33. The Labute approximate surface area is 109 Å². The van der Waals surface area contributed by atoms with Crippen LogP contribution in [0.3, 0.4) is 0 Å². The van der Waals surface area contributed by atoms with Crippen LogP contribution in [-0.2, 0) is 4.79 Å². The van der Waals surface area contributed by atoms with Crippen molar-refractivity contribution in [3.63, 3.8) is 0 Å². The molecule has 2 unspecified atom stereocenters. The van der Waals surface area contributed by atoms with E-state index in [2.05, 4.69) is 0 Å². The molecule has 0 saturated carbocycles. The Kier molecular flexibility index (Phi) is 3.53. The molecule has 1 fully saturated rings. The Balaban J connectivity index is 2.30. The second kappa shape index (κ2) is 4.97. The molecule has 0 bridgehead atoms. The van der Waals surface area contributed by atoms with E-state index in [1.807, 2.05) is 0 Å². The van der Waals surface area contributed by atoms with Gasteiger partial charge in [0.05, 0.1) is 6.10 Å². The molecule has 0 spiro atoms. The molecule has 6 heteroatoms. The van der Waals surface area contributed by atoms with Crippen LogP contribution in [0.4, 0.5) is 4.39 Å². The van der Waals surface area contributed by atoms with E-state index >= 15 is 0 Å². The zero-order chi connectivity index (χ0) is 14.2. The highest BCUT2D eigenvalue weighted by molar-refractivity contribution is 5.98. The average molecular weight is 266 g/mol. The Hall–Kier alpha value is -1.95. The lowest BCUT2D eigenvalue weighted by molar-refractivity contribution is -0.121. The Morgan fingerprint density at radius 2 is 2.16 bits per heavy atom. The fraction of sp³-hybridized carbons (Fsp3) is 0.385. The van der Waals surface area contributed by atoms with Gasteiger partial charge in [-0.25, -0.2) is 4.39 Å². The summed E-state index contributed by atoms with van der Waals surface area (Å²) in [5, 5.41) is 9.57. The van der Waals surface area contributed by atoms with Gasteiger partial charge in [-0.15, -0.1) is 0 Å². The van der Waals surface area contributed by atoms with Gasteiger partial charge >= 0.3 is 0 Å². The van der Waals surface area contributed by atoms with E-state index in [0.717, 1.165) is 0 Å². The van der Waals surface area contributed by atoms with Crippen molar-refractivity contribution in [2.45, 2.75) is 25.5 Å². The first-order chi connectivity index (χ1) is 8.90. The van der Waals surface area contributed by atoms with E-state index in [1.165, 1.54) is 23.1 Å². The fourth-order valence-electron chi connectivity index (χ4n) is 2.33. The van der Waals surface area contributed by atoms with Crippen molar-refractivity contribution in [2.75, 3.05) is 6.54 Å². The Bertz CT molecular complexity index is 533. The molecule has 5 nitrogen and oxygen atoms in total. The van der Waals surface area contributed by atoms with E-state index in [9.17, 15) is 19.1 Å². The van der Waals surface area contributed by atoms with Gasteiger partial charge in [0.25, 0.3) is 5.91 Å². The number of carbonyl (C=O) groups excluding carboxylic acids is 2. The SMILES string of the molecule is Cc1cc(F)ccc1C(=O)N1CC(O)CC1C(N)=O. The maximum atomic E-state index is 13.0. The summed E-state index contributed by atoms with van der Waals surface area (Å²) in [6.45, 7) is 1.67. The zero-order valence-corrected chi connectivity index (χ0v) is 10.5. The highest BCUT2D eigenvalue weighted by Gasteiger charge is 2.38. The van der Waals surface area contributed by atoms with Gasteiger partial charge in [0.1, 0.15) is 11.9 Å². The summed E-state index contributed by atoms with van der Waals surface area (Å²) in [4.78, 5) is 24.9. The normalized spacial score (nSPS) is 22.6. The lowest BCUT2D eigenvalue weighted by Gasteiger charge is -2.22. The first kappa shape index (κ1) is 13.5. The van der Waals surface area contributed by atoms with Gasteiger partial charge in [-0.2, -0.15) is 0 Å². The lowest BCUT2D eigenvalue weighted by Crippen LogP contribution is -2.44. The molecule has 1 aromatic carbocycles. The van der Waals surface area contributed by atoms with Crippen LogP contribution in [0.25, 0.3) is 0 Å². The molecule has 0 radical (unpaired) electrons. The van der Waals surface area contributed by atoms with E-state index in [1.54, 1.807) is 6.92 Å². The molecule has 2 amide bonds. The largest absolute Gasteiger partial charge is 0.391 e. The number of carbonyl (C=O) groups is 2. The lowest BCUT2D eigenvalue weighted by atomic mass is 10.1. The smallest absolute Gasteiger partial charge is 0.254 e.